The van der Waals surface area contributed by atoms with Gasteiger partial charge in [-0.3, -0.25) is 4.79 Å². The minimum Gasteiger partial charge on any atom is -0.342 e. The number of alkyl halides is 3. The molecular weight excluding hydrogens is 354 g/mol. The molecule has 0 radical (unpaired) electrons. The van der Waals surface area contributed by atoms with Crippen LogP contribution in [0.4, 0.5) is 17.6 Å². The van der Waals surface area contributed by atoms with Crippen molar-refractivity contribution in [2.45, 2.75) is 25.4 Å². The largest absolute Gasteiger partial charge is 0.391 e. The molecule has 0 bridgehead atoms. The van der Waals surface area contributed by atoms with Gasteiger partial charge < -0.3 is 4.90 Å². The molecule has 1 aliphatic heterocycles. The molecule has 0 spiro atoms. The number of benzene rings is 1. The number of halogens is 5. The molecular formula is C14H14BrF4NO. The third-order valence-corrected chi connectivity index (χ3v) is 4.41. The molecule has 1 aromatic rings. The maximum Gasteiger partial charge on any atom is 0.391 e. The van der Waals surface area contributed by atoms with E-state index in [2.05, 4.69) is 15.9 Å². The molecule has 0 atom stereocenters. The smallest absolute Gasteiger partial charge is 0.342 e. The average Bonchev–Trinajstić information content (AvgIpc) is 2.41. The molecule has 0 unspecified atom stereocenters. The van der Waals surface area contributed by atoms with Crippen LogP contribution >= 0.6 is 15.9 Å². The number of hydrogen-bond acceptors (Lipinski definition) is 1. The fourth-order valence-corrected chi connectivity index (χ4v) is 2.89. The first-order valence-electron chi connectivity index (χ1n) is 6.56. The van der Waals surface area contributed by atoms with Crippen molar-refractivity contribution in [2.75, 3.05) is 13.1 Å². The van der Waals surface area contributed by atoms with Crippen LogP contribution in [0, 0.1) is 11.7 Å². The number of nitrogens with zero attached hydrogens (tertiary/aromatic N) is 1. The maximum absolute atomic E-state index is 13.0. The molecule has 7 heteroatoms. The fraction of sp³-hybridized carbons (Fsp3) is 0.500. The number of carbonyl (C=O) groups excluding carboxylic acids is 1. The van der Waals surface area contributed by atoms with Crippen LogP contribution in [0.3, 0.4) is 0 Å². The van der Waals surface area contributed by atoms with Gasteiger partial charge in [-0.15, -0.1) is 0 Å². The van der Waals surface area contributed by atoms with E-state index in [0.717, 1.165) is 0 Å². The van der Waals surface area contributed by atoms with Crippen molar-refractivity contribution in [1.82, 2.24) is 4.90 Å². The fourth-order valence-electron chi connectivity index (χ4n) is 2.40. The number of carbonyl (C=O) groups is 1. The highest BCUT2D eigenvalue weighted by molar-refractivity contribution is 9.10. The minimum atomic E-state index is -4.19. The lowest BCUT2D eigenvalue weighted by molar-refractivity contribution is -0.186. The monoisotopic (exact) mass is 367 g/mol. The topological polar surface area (TPSA) is 20.3 Å². The summed E-state index contributed by atoms with van der Waals surface area (Å²) in [5.74, 6) is -1.97. The Bertz CT molecular complexity index is 524. The third kappa shape index (κ3) is 4.18. The van der Waals surface area contributed by atoms with Crippen LogP contribution in [0.15, 0.2) is 22.7 Å². The Labute approximate surface area is 128 Å². The summed E-state index contributed by atoms with van der Waals surface area (Å²) in [6, 6.07) is 4.02. The van der Waals surface area contributed by atoms with E-state index in [4.69, 9.17) is 0 Å². The molecule has 0 aliphatic carbocycles. The van der Waals surface area contributed by atoms with Crippen LogP contribution in [0.25, 0.3) is 0 Å². The second-order valence-corrected chi connectivity index (χ2v) is 5.96. The highest BCUT2D eigenvalue weighted by Gasteiger charge is 2.41. The Kier molecular flexibility index (Phi) is 4.91. The molecule has 2 nitrogen and oxygen atoms in total. The summed E-state index contributed by atoms with van der Waals surface area (Å²) in [6.45, 7) is 0.226. The van der Waals surface area contributed by atoms with Crippen molar-refractivity contribution in [3.8, 4) is 0 Å². The molecule has 0 saturated carbocycles. The summed E-state index contributed by atoms with van der Waals surface area (Å²) in [5.41, 5.74) is 0.624. The van der Waals surface area contributed by atoms with Gasteiger partial charge in [-0.05, 0) is 30.5 Å². The zero-order chi connectivity index (χ0) is 15.6. The van der Waals surface area contributed by atoms with Gasteiger partial charge >= 0.3 is 6.18 Å². The second-order valence-electron chi connectivity index (χ2n) is 5.11. The van der Waals surface area contributed by atoms with Crippen LogP contribution in [0.2, 0.25) is 0 Å². The number of hydrogen-bond donors (Lipinski definition) is 0. The van der Waals surface area contributed by atoms with Crippen molar-refractivity contribution in [3.05, 3.63) is 34.1 Å². The quantitative estimate of drug-likeness (QED) is 0.725. The highest BCUT2D eigenvalue weighted by Crippen LogP contribution is 2.34. The lowest BCUT2D eigenvalue weighted by Crippen LogP contribution is -2.42. The van der Waals surface area contributed by atoms with Crippen LogP contribution in [-0.4, -0.2) is 30.1 Å². The van der Waals surface area contributed by atoms with E-state index in [-0.39, 0.29) is 38.3 Å². The molecule has 1 saturated heterocycles. The van der Waals surface area contributed by atoms with Gasteiger partial charge in [0.25, 0.3) is 0 Å². The number of amides is 1. The lowest BCUT2D eigenvalue weighted by Gasteiger charge is -2.33. The van der Waals surface area contributed by atoms with Crippen molar-refractivity contribution in [2.24, 2.45) is 5.92 Å². The van der Waals surface area contributed by atoms with Gasteiger partial charge in [0.2, 0.25) is 5.91 Å². The molecule has 1 fully saturated rings. The van der Waals surface area contributed by atoms with Crippen molar-refractivity contribution >= 4 is 21.8 Å². The summed E-state index contributed by atoms with van der Waals surface area (Å²) >= 11 is 3.18. The number of likely N-dealkylation sites (tertiary alicyclic amines) is 1. The lowest BCUT2D eigenvalue weighted by atomic mass is 9.96. The zero-order valence-electron chi connectivity index (χ0n) is 11.1. The molecule has 0 N–H and O–H groups in total. The van der Waals surface area contributed by atoms with Crippen LogP contribution in [0.1, 0.15) is 18.4 Å². The molecule has 1 aromatic carbocycles. The van der Waals surface area contributed by atoms with Crippen molar-refractivity contribution < 1.29 is 22.4 Å². The zero-order valence-corrected chi connectivity index (χ0v) is 12.7. The number of rotatable bonds is 2. The Morgan fingerprint density at radius 3 is 2.43 bits per heavy atom. The predicted octanol–water partition coefficient (Wildman–Crippen LogP) is 3.93. The normalized spacial score (nSPS) is 17.1. The maximum atomic E-state index is 13.0. The summed E-state index contributed by atoms with van der Waals surface area (Å²) in [6.07, 6.45) is -4.24. The molecule has 1 amide bonds. The van der Waals surface area contributed by atoms with E-state index in [0.29, 0.717) is 10.0 Å². The van der Waals surface area contributed by atoms with Gasteiger partial charge in [0.15, 0.2) is 0 Å². The van der Waals surface area contributed by atoms with Gasteiger partial charge in [0, 0.05) is 17.6 Å². The van der Waals surface area contributed by atoms with Gasteiger partial charge in [0.05, 0.1) is 12.3 Å². The third-order valence-electron chi connectivity index (χ3n) is 3.67. The second kappa shape index (κ2) is 6.34. The van der Waals surface area contributed by atoms with E-state index in [9.17, 15) is 22.4 Å². The number of piperidine rings is 1. The molecule has 2 rings (SSSR count). The van der Waals surface area contributed by atoms with Crippen molar-refractivity contribution in [1.29, 1.82) is 0 Å². The Morgan fingerprint density at radius 2 is 1.90 bits per heavy atom. The Balaban J connectivity index is 1.93. The summed E-state index contributed by atoms with van der Waals surface area (Å²) in [4.78, 5) is 13.5. The molecule has 116 valence electrons. The van der Waals surface area contributed by atoms with Gasteiger partial charge in [-0.2, -0.15) is 13.2 Å². The first kappa shape index (κ1) is 16.3. The van der Waals surface area contributed by atoms with E-state index in [1.54, 1.807) is 0 Å². The highest BCUT2D eigenvalue weighted by atomic mass is 79.9. The first-order valence-corrected chi connectivity index (χ1v) is 7.35. The van der Waals surface area contributed by atoms with E-state index >= 15 is 0 Å². The Morgan fingerprint density at radius 1 is 1.29 bits per heavy atom. The van der Waals surface area contributed by atoms with Crippen LogP contribution in [-0.2, 0) is 11.2 Å². The predicted molar refractivity (Wildman–Crippen MR) is 73.2 cm³/mol. The first-order chi connectivity index (χ1) is 9.77. The van der Waals surface area contributed by atoms with Gasteiger partial charge in [0.1, 0.15) is 5.82 Å². The van der Waals surface area contributed by atoms with E-state index in [1.807, 2.05) is 0 Å². The summed E-state index contributed by atoms with van der Waals surface area (Å²) < 4.78 is 51.1. The van der Waals surface area contributed by atoms with Crippen LogP contribution in [0.5, 0.6) is 0 Å². The Hall–Kier alpha value is -1.11. The van der Waals surface area contributed by atoms with E-state index < -0.39 is 17.9 Å². The summed E-state index contributed by atoms with van der Waals surface area (Å²) in [5, 5.41) is 0. The van der Waals surface area contributed by atoms with Crippen molar-refractivity contribution in [3.63, 3.8) is 0 Å². The molecule has 1 heterocycles. The molecule has 0 aromatic heterocycles. The minimum absolute atomic E-state index is 0.0531. The standard InChI is InChI=1S/C14H14BrF4NO/c15-12-8-11(16)2-1-9(12)7-13(21)20-5-3-10(4-6-20)14(17,18)19/h1-2,8,10H,3-7H2. The molecule has 1 aliphatic rings. The molecule has 21 heavy (non-hydrogen) atoms. The van der Waals surface area contributed by atoms with E-state index in [1.165, 1.54) is 23.1 Å². The van der Waals surface area contributed by atoms with Gasteiger partial charge in [-0.1, -0.05) is 22.0 Å². The van der Waals surface area contributed by atoms with Gasteiger partial charge in [-0.25, -0.2) is 4.39 Å². The van der Waals surface area contributed by atoms with Crippen LogP contribution < -0.4 is 0 Å². The average molecular weight is 368 g/mol. The SMILES string of the molecule is O=C(Cc1ccc(F)cc1Br)N1CCC(C(F)(F)F)CC1. The summed E-state index contributed by atoms with van der Waals surface area (Å²) in [7, 11) is 0.